The maximum absolute atomic E-state index is 11.7. The van der Waals surface area contributed by atoms with Gasteiger partial charge in [0.2, 0.25) is 0 Å². The zero-order valence-electron chi connectivity index (χ0n) is 10.9. The molecular formula is C13H20N2O3. The van der Waals surface area contributed by atoms with Crippen LogP contribution in [0.3, 0.4) is 0 Å². The Morgan fingerprint density at radius 3 is 2.89 bits per heavy atom. The first-order valence-electron chi connectivity index (χ1n) is 6.21. The van der Waals surface area contributed by atoms with Crippen LogP contribution in [0.15, 0.2) is 23.5 Å². The number of nitrogens with one attached hydrogen (secondary N) is 1. The van der Waals surface area contributed by atoms with Gasteiger partial charge in [-0.3, -0.25) is 4.79 Å². The number of allylic oxidation sites excluding steroid dienone is 4. The van der Waals surface area contributed by atoms with Crippen molar-refractivity contribution >= 4 is 5.91 Å². The van der Waals surface area contributed by atoms with Gasteiger partial charge in [-0.2, -0.15) is 0 Å². The van der Waals surface area contributed by atoms with Gasteiger partial charge in [-0.15, -0.1) is 0 Å². The van der Waals surface area contributed by atoms with Crippen molar-refractivity contribution in [3.05, 3.63) is 23.5 Å². The van der Waals surface area contributed by atoms with Crippen LogP contribution in [-0.4, -0.2) is 50.8 Å². The zero-order valence-corrected chi connectivity index (χ0v) is 10.9. The first kappa shape index (κ1) is 13.1. The lowest BCUT2D eigenvalue weighted by molar-refractivity contribution is -0.132. The lowest BCUT2D eigenvalue weighted by Gasteiger charge is -2.23. The summed E-state index contributed by atoms with van der Waals surface area (Å²) in [4.78, 5) is 13.3. The van der Waals surface area contributed by atoms with Crippen molar-refractivity contribution in [3.8, 4) is 0 Å². The van der Waals surface area contributed by atoms with E-state index in [0.29, 0.717) is 6.10 Å². The Bertz CT molecular complexity index is 372. The summed E-state index contributed by atoms with van der Waals surface area (Å²) in [5.74, 6) is -0.0139. The normalized spacial score (nSPS) is 22.0. The van der Waals surface area contributed by atoms with Crippen LogP contribution in [-0.2, 0) is 14.3 Å². The highest BCUT2D eigenvalue weighted by Gasteiger charge is 2.22. The van der Waals surface area contributed by atoms with Gasteiger partial charge in [0, 0.05) is 32.1 Å². The molecule has 2 aliphatic rings. The van der Waals surface area contributed by atoms with Crippen LogP contribution in [0.1, 0.15) is 12.8 Å². The van der Waals surface area contributed by atoms with Gasteiger partial charge in [-0.1, -0.05) is 0 Å². The van der Waals surface area contributed by atoms with Gasteiger partial charge in [0.25, 0.3) is 5.91 Å². The standard InChI is InChI=1S/C13H20N2O3/c1-15(13(16)9-17-2)11-5-3-10(4-6-11)14-7-12-8-18-12/h3,5,12,14H,4,6-9H2,1-2H3/t12-/m1/s1. The summed E-state index contributed by atoms with van der Waals surface area (Å²) in [5, 5.41) is 3.36. The summed E-state index contributed by atoms with van der Waals surface area (Å²) in [6, 6.07) is 0. The minimum atomic E-state index is -0.0139. The zero-order chi connectivity index (χ0) is 13.0. The minimum Gasteiger partial charge on any atom is -0.386 e. The molecule has 1 aliphatic carbocycles. The average molecular weight is 252 g/mol. The second-order valence-electron chi connectivity index (χ2n) is 4.57. The quantitative estimate of drug-likeness (QED) is 0.705. The minimum absolute atomic E-state index is 0.0139. The van der Waals surface area contributed by atoms with Gasteiger partial charge in [0.05, 0.1) is 12.7 Å². The number of amides is 1. The Hall–Kier alpha value is -1.33. The van der Waals surface area contributed by atoms with Crippen LogP contribution in [0.2, 0.25) is 0 Å². The Morgan fingerprint density at radius 2 is 2.33 bits per heavy atom. The molecule has 1 N–H and O–H groups in total. The van der Waals surface area contributed by atoms with E-state index >= 15 is 0 Å². The highest BCUT2D eigenvalue weighted by molar-refractivity contribution is 5.79. The molecule has 1 heterocycles. The van der Waals surface area contributed by atoms with Gasteiger partial charge in [-0.25, -0.2) is 0 Å². The Morgan fingerprint density at radius 1 is 1.56 bits per heavy atom. The fraction of sp³-hybridized carbons (Fsp3) is 0.615. The van der Waals surface area contributed by atoms with Crippen LogP contribution in [0.25, 0.3) is 0 Å². The molecule has 1 atom stereocenters. The topological polar surface area (TPSA) is 54.1 Å². The summed E-state index contributed by atoms with van der Waals surface area (Å²) < 4.78 is 9.99. The maximum atomic E-state index is 11.7. The molecule has 0 aromatic carbocycles. The molecule has 1 aliphatic heterocycles. The number of ether oxygens (including phenoxy) is 2. The van der Waals surface area contributed by atoms with Crippen molar-refractivity contribution in [1.82, 2.24) is 10.2 Å². The van der Waals surface area contributed by atoms with Crippen molar-refractivity contribution in [3.63, 3.8) is 0 Å². The van der Waals surface area contributed by atoms with Gasteiger partial charge < -0.3 is 19.7 Å². The van der Waals surface area contributed by atoms with E-state index < -0.39 is 0 Å². The predicted octanol–water partition coefficient (Wildman–Crippen LogP) is 0.641. The molecule has 18 heavy (non-hydrogen) atoms. The summed E-state index contributed by atoms with van der Waals surface area (Å²) in [6.07, 6.45) is 6.23. The fourth-order valence-electron chi connectivity index (χ4n) is 1.86. The lowest BCUT2D eigenvalue weighted by atomic mass is 10.1. The molecule has 0 aromatic heterocycles. The predicted molar refractivity (Wildman–Crippen MR) is 67.8 cm³/mol. The van der Waals surface area contributed by atoms with E-state index in [0.717, 1.165) is 31.7 Å². The van der Waals surface area contributed by atoms with Crippen LogP contribution < -0.4 is 5.32 Å². The molecule has 1 amide bonds. The molecular weight excluding hydrogens is 232 g/mol. The largest absolute Gasteiger partial charge is 0.386 e. The first-order valence-corrected chi connectivity index (χ1v) is 6.21. The number of carbonyl (C=O) groups is 1. The summed E-state index contributed by atoms with van der Waals surface area (Å²) >= 11 is 0. The van der Waals surface area contributed by atoms with Crippen LogP contribution >= 0.6 is 0 Å². The third kappa shape index (κ3) is 3.58. The number of nitrogens with zero attached hydrogens (tertiary/aromatic N) is 1. The first-order chi connectivity index (χ1) is 8.70. The van der Waals surface area contributed by atoms with E-state index in [4.69, 9.17) is 9.47 Å². The van der Waals surface area contributed by atoms with Gasteiger partial charge in [-0.05, 0) is 25.0 Å². The van der Waals surface area contributed by atoms with Crippen LogP contribution in [0, 0.1) is 0 Å². The van der Waals surface area contributed by atoms with Crippen molar-refractivity contribution in [1.29, 1.82) is 0 Å². The van der Waals surface area contributed by atoms with Crippen molar-refractivity contribution in [2.45, 2.75) is 18.9 Å². The number of hydrogen-bond donors (Lipinski definition) is 1. The molecule has 0 unspecified atom stereocenters. The second-order valence-corrected chi connectivity index (χ2v) is 4.57. The number of likely N-dealkylation sites (N-methyl/N-ethyl adjacent to an activating group) is 1. The Labute approximate surface area is 107 Å². The molecule has 5 nitrogen and oxygen atoms in total. The maximum Gasteiger partial charge on any atom is 0.252 e. The number of carbonyl (C=O) groups excluding carboxylic acids is 1. The fourth-order valence-corrected chi connectivity index (χ4v) is 1.86. The van der Waals surface area contributed by atoms with E-state index in [2.05, 4.69) is 5.32 Å². The van der Waals surface area contributed by atoms with Crippen molar-refractivity contribution in [2.75, 3.05) is 33.9 Å². The Kier molecular flexibility index (Phi) is 4.38. The molecule has 2 rings (SSSR count). The second kappa shape index (κ2) is 6.02. The summed E-state index contributed by atoms with van der Waals surface area (Å²) in [6.45, 7) is 1.88. The highest BCUT2D eigenvalue weighted by atomic mass is 16.6. The summed E-state index contributed by atoms with van der Waals surface area (Å²) in [5.41, 5.74) is 2.24. The van der Waals surface area contributed by atoms with E-state index in [1.807, 2.05) is 12.2 Å². The number of epoxide rings is 1. The number of hydrogen-bond acceptors (Lipinski definition) is 4. The molecule has 0 spiro atoms. The number of methoxy groups -OCH3 is 1. The molecule has 0 radical (unpaired) electrons. The van der Waals surface area contributed by atoms with Crippen molar-refractivity contribution < 1.29 is 14.3 Å². The SMILES string of the molecule is COCC(=O)N(C)C1=CC=C(NC[C@@H]2CO2)CC1. The number of rotatable bonds is 6. The molecule has 1 saturated heterocycles. The van der Waals surface area contributed by atoms with Gasteiger partial charge in [0.15, 0.2) is 0 Å². The van der Waals surface area contributed by atoms with E-state index in [-0.39, 0.29) is 12.5 Å². The van der Waals surface area contributed by atoms with E-state index in [9.17, 15) is 4.79 Å². The molecule has 5 heteroatoms. The third-order valence-electron chi connectivity index (χ3n) is 3.16. The van der Waals surface area contributed by atoms with Gasteiger partial charge in [0.1, 0.15) is 6.61 Å². The molecule has 1 fully saturated rings. The highest BCUT2D eigenvalue weighted by Crippen LogP contribution is 2.19. The van der Waals surface area contributed by atoms with E-state index in [1.165, 1.54) is 12.8 Å². The van der Waals surface area contributed by atoms with E-state index in [1.54, 1.807) is 11.9 Å². The van der Waals surface area contributed by atoms with Gasteiger partial charge >= 0.3 is 0 Å². The third-order valence-corrected chi connectivity index (χ3v) is 3.16. The Balaban J connectivity index is 1.84. The molecule has 100 valence electrons. The van der Waals surface area contributed by atoms with Crippen molar-refractivity contribution in [2.24, 2.45) is 0 Å². The molecule has 0 saturated carbocycles. The smallest absolute Gasteiger partial charge is 0.252 e. The lowest BCUT2D eigenvalue weighted by Crippen LogP contribution is -2.30. The average Bonchev–Trinajstić information content (AvgIpc) is 3.20. The summed E-state index contributed by atoms with van der Waals surface area (Å²) in [7, 11) is 3.32. The molecule has 0 bridgehead atoms. The van der Waals surface area contributed by atoms with Crippen LogP contribution in [0.4, 0.5) is 0 Å². The monoisotopic (exact) mass is 252 g/mol. The molecule has 0 aromatic rings. The van der Waals surface area contributed by atoms with Crippen LogP contribution in [0.5, 0.6) is 0 Å².